The Morgan fingerprint density at radius 1 is 1.39 bits per heavy atom. The molecule has 0 aromatic carbocycles. The van der Waals surface area contributed by atoms with Gasteiger partial charge in [-0.3, -0.25) is 10.3 Å². The van der Waals surface area contributed by atoms with Crippen LogP contribution in [0.4, 0.5) is 13.2 Å². The molecule has 1 aromatic heterocycles. The summed E-state index contributed by atoms with van der Waals surface area (Å²) in [5.41, 5.74) is 0.550. The van der Waals surface area contributed by atoms with Crippen LogP contribution in [0, 0.1) is 0 Å². The largest absolute Gasteiger partial charge is 0.495 e. The van der Waals surface area contributed by atoms with Crippen molar-refractivity contribution in [2.24, 2.45) is 0 Å². The molecule has 1 aromatic rings. The summed E-state index contributed by atoms with van der Waals surface area (Å²) in [5, 5.41) is 2.62. The van der Waals surface area contributed by atoms with Crippen LogP contribution in [-0.4, -0.2) is 24.3 Å². The van der Waals surface area contributed by atoms with E-state index in [0.29, 0.717) is 24.3 Å². The predicted octanol–water partition coefficient (Wildman–Crippen LogP) is 2.84. The van der Waals surface area contributed by atoms with Gasteiger partial charge in [0, 0.05) is 6.20 Å². The Labute approximate surface area is 103 Å². The number of hydrogen-bond donors (Lipinski definition) is 1. The third kappa shape index (κ3) is 2.75. The quantitative estimate of drug-likeness (QED) is 0.887. The van der Waals surface area contributed by atoms with Crippen LogP contribution in [-0.2, 0) is 0 Å². The molecule has 0 saturated carbocycles. The van der Waals surface area contributed by atoms with Gasteiger partial charge in [0.15, 0.2) is 0 Å². The molecule has 1 aliphatic rings. The number of piperidine rings is 1. The summed E-state index contributed by atoms with van der Waals surface area (Å²) in [6.45, 7) is 0. The van der Waals surface area contributed by atoms with E-state index in [1.165, 1.54) is 7.11 Å². The Hall–Kier alpha value is -1.30. The summed E-state index contributed by atoms with van der Waals surface area (Å²) in [7, 11) is 1.49. The number of ether oxygens (including phenoxy) is 1. The minimum absolute atomic E-state index is 0.120. The lowest BCUT2D eigenvalue weighted by atomic mass is 9.95. The minimum Gasteiger partial charge on any atom is -0.495 e. The Morgan fingerprint density at radius 2 is 2.17 bits per heavy atom. The van der Waals surface area contributed by atoms with Crippen LogP contribution in [0.3, 0.4) is 0 Å². The average molecular weight is 260 g/mol. The summed E-state index contributed by atoms with van der Waals surface area (Å²) >= 11 is 0. The molecular formula is C12H15F3N2O. The van der Waals surface area contributed by atoms with Gasteiger partial charge in [-0.25, -0.2) is 0 Å². The van der Waals surface area contributed by atoms with E-state index in [0.717, 1.165) is 0 Å². The van der Waals surface area contributed by atoms with Gasteiger partial charge in [-0.2, -0.15) is 13.2 Å². The van der Waals surface area contributed by atoms with Gasteiger partial charge in [-0.05, 0) is 31.4 Å². The van der Waals surface area contributed by atoms with Crippen LogP contribution in [0.15, 0.2) is 18.3 Å². The van der Waals surface area contributed by atoms with Crippen LogP contribution < -0.4 is 10.1 Å². The fourth-order valence-electron chi connectivity index (χ4n) is 2.25. The zero-order chi connectivity index (χ0) is 13.2. The molecule has 0 radical (unpaired) electrons. The minimum atomic E-state index is -4.21. The Balaban J connectivity index is 2.18. The first-order chi connectivity index (χ1) is 8.52. The Morgan fingerprint density at radius 3 is 2.83 bits per heavy atom. The third-order valence-corrected chi connectivity index (χ3v) is 3.13. The molecular weight excluding hydrogens is 245 g/mol. The molecule has 1 N–H and O–H groups in total. The zero-order valence-electron chi connectivity index (χ0n) is 10.00. The van der Waals surface area contributed by atoms with Gasteiger partial charge in [-0.15, -0.1) is 0 Å². The smallest absolute Gasteiger partial charge is 0.403 e. The van der Waals surface area contributed by atoms with Crippen LogP contribution in [0.1, 0.15) is 31.0 Å². The molecule has 2 atom stereocenters. The number of pyridine rings is 1. The van der Waals surface area contributed by atoms with Gasteiger partial charge in [0.2, 0.25) is 0 Å². The molecule has 100 valence electrons. The van der Waals surface area contributed by atoms with E-state index in [1.807, 2.05) is 0 Å². The lowest BCUT2D eigenvalue weighted by Gasteiger charge is -2.32. The monoisotopic (exact) mass is 260 g/mol. The zero-order valence-corrected chi connectivity index (χ0v) is 10.00. The summed E-state index contributed by atoms with van der Waals surface area (Å²) in [4.78, 5) is 4.13. The molecule has 0 bridgehead atoms. The Kier molecular flexibility index (Phi) is 3.75. The van der Waals surface area contributed by atoms with E-state index in [-0.39, 0.29) is 6.42 Å². The number of halogens is 3. The van der Waals surface area contributed by atoms with Gasteiger partial charge < -0.3 is 4.74 Å². The van der Waals surface area contributed by atoms with Gasteiger partial charge in [0.05, 0.1) is 18.8 Å². The summed E-state index contributed by atoms with van der Waals surface area (Å²) < 4.78 is 43.2. The fraction of sp³-hybridized carbons (Fsp3) is 0.583. The van der Waals surface area contributed by atoms with Crippen LogP contribution in [0.25, 0.3) is 0 Å². The second kappa shape index (κ2) is 5.14. The lowest BCUT2D eigenvalue weighted by Crippen LogP contribution is -2.46. The van der Waals surface area contributed by atoms with Crippen molar-refractivity contribution < 1.29 is 17.9 Å². The number of nitrogens with zero attached hydrogens (tertiary/aromatic N) is 1. The van der Waals surface area contributed by atoms with E-state index in [2.05, 4.69) is 10.3 Å². The van der Waals surface area contributed by atoms with Crippen molar-refractivity contribution in [1.82, 2.24) is 10.3 Å². The molecule has 6 heteroatoms. The molecule has 0 amide bonds. The highest BCUT2D eigenvalue weighted by Crippen LogP contribution is 2.34. The van der Waals surface area contributed by atoms with Crippen LogP contribution >= 0.6 is 0 Å². The SMILES string of the molecule is COc1cccnc1C1CCCC(C(F)(F)F)N1. The third-order valence-electron chi connectivity index (χ3n) is 3.13. The van der Waals surface area contributed by atoms with Gasteiger partial charge in [0.1, 0.15) is 11.8 Å². The first kappa shape index (κ1) is 13.1. The first-order valence-corrected chi connectivity index (χ1v) is 5.84. The average Bonchev–Trinajstić information content (AvgIpc) is 2.38. The fourth-order valence-corrected chi connectivity index (χ4v) is 2.25. The van der Waals surface area contributed by atoms with Crippen molar-refractivity contribution in [2.45, 2.75) is 37.5 Å². The van der Waals surface area contributed by atoms with Crippen molar-refractivity contribution in [2.75, 3.05) is 7.11 Å². The number of aromatic nitrogens is 1. The second-order valence-electron chi connectivity index (χ2n) is 4.34. The van der Waals surface area contributed by atoms with Crippen molar-refractivity contribution in [1.29, 1.82) is 0 Å². The maximum Gasteiger partial charge on any atom is 0.403 e. The van der Waals surface area contributed by atoms with Gasteiger partial charge in [0.25, 0.3) is 0 Å². The number of methoxy groups -OCH3 is 1. The molecule has 0 aliphatic carbocycles. The highest BCUT2D eigenvalue weighted by molar-refractivity contribution is 5.29. The second-order valence-corrected chi connectivity index (χ2v) is 4.34. The summed E-state index contributed by atoms with van der Waals surface area (Å²) in [6, 6.07) is 1.55. The van der Waals surface area contributed by atoms with Crippen LogP contribution in [0.5, 0.6) is 5.75 Å². The van der Waals surface area contributed by atoms with E-state index in [4.69, 9.17) is 4.74 Å². The molecule has 1 fully saturated rings. The first-order valence-electron chi connectivity index (χ1n) is 5.84. The highest BCUT2D eigenvalue weighted by Gasteiger charge is 2.42. The number of hydrogen-bond acceptors (Lipinski definition) is 3. The van der Waals surface area contributed by atoms with E-state index in [1.54, 1.807) is 18.3 Å². The molecule has 18 heavy (non-hydrogen) atoms. The van der Waals surface area contributed by atoms with Crippen molar-refractivity contribution in [3.8, 4) is 5.75 Å². The normalized spacial score (nSPS) is 24.9. The van der Waals surface area contributed by atoms with Crippen LogP contribution in [0.2, 0.25) is 0 Å². The van der Waals surface area contributed by atoms with Gasteiger partial charge in [-0.1, -0.05) is 0 Å². The molecule has 0 spiro atoms. The maximum absolute atomic E-state index is 12.7. The highest BCUT2D eigenvalue weighted by atomic mass is 19.4. The predicted molar refractivity (Wildman–Crippen MR) is 60.4 cm³/mol. The standard InChI is InChI=1S/C12H15F3N2O/c1-18-9-5-3-7-16-11(9)8-4-2-6-10(17-8)12(13,14)15/h3,5,7-8,10,17H,2,4,6H2,1H3. The Bertz CT molecular complexity index is 409. The van der Waals surface area contributed by atoms with Gasteiger partial charge >= 0.3 is 6.18 Å². The van der Waals surface area contributed by atoms with Crippen molar-refractivity contribution in [3.63, 3.8) is 0 Å². The molecule has 2 unspecified atom stereocenters. The number of nitrogens with one attached hydrogen (secondary N) is 1. The molecule has 3 nitrogen and oxygen atoms in total. The lowest BCUT2D eigenvalue weighted by molar-refractivity contribution is -0.163. The maximum atomic E-state index is 12.7. The van der Waals surface area contributed by atoms with E-state index in [9.17, 15) is 13.2 Å². The number of alkyl halides is 3. The molecule has 2 heterocycles. The van der Waals surface area contributed by atoms with Crippen molar-refractivity contribution in [3.05, 3.63) is 24.0 Å². The molecule has 1 saturated heterocycles. The van der Waals surface area contributed by atoms with Crippen molar-refractivity contribution >= 4 is 0 Å². The van der Waals surface area contributed by atoms with E-state index < -0.39 is 18.3 Å². The topological polar surface area (TPSA) is 34.1 Å². The molecule has 2 rings (SSSR count). The van der Waals surface area contributed by atoms with E-state index >= 15 is 0 Å². The summed E-state index contributed by atoms with van der Waals surface area (Å²) in [6.07, 6.45) is -1.35. The number of rotatable bonds is 2. The molecule has 1 aliphatic heterocycles. The summed E-state index contributed by atoms with van der Waals surface area (Å²) in [5.74, 6) is 0.526.